The Hall–Kier alpha value is -1.67. The molecule has 1 atom stereocenters. The molecule has 2 rings (SSSR count). The monoisotopic (exact) mass is 285 g/mol. The predicted molar refractivity (Wildman–Crippen MR) is 86.9 cm³/mol. The van der Waals surface area contributed by atoms with Crippen LogP contribution in [0.4, 0.5) is 4.39 Å². The second-order valence-corrected chi connectivity index (χ2v) is 5.98. The zero-order valence-corrected chi connectivity index (χ0v) is 13.1. The molecule has 2 aromatic carbocycles. The third-order valence-electron chi connectivity index (χ3n) is 3.73. The van der Waals surface area contributed by atoms with Gasteiger partial charge in [0.15, 0.2) is 0 Å². The molecule has 112 valence electrons. The third-order valence-corrected chi connectivity index (χ3v) is 3.73. The SMILES string of the molecule is CNC(Cc1ccccc1F)c1cccc(CC(C)C)c1. The molecule has 0 aromatic heterocycles. The van der Waals surface area contributed by atoms with Crippen LogP contribution < -0.4 is 5.32 Å². The molecule has 0 fully saturated rings. The Labute approximate surface area is 127 Å². The van der Waals surface area contributed by atoms with Crippen molar-refractivity contribution in [3.63, 3.8) is 0 Å². The fraction of sp³-hybridized carbons (Fsp3) is 0.368. The Balaban J connectivity index is 2.19. The second kappa shape index (κ2) is 7.37. The highest BCUT2D eigenvalue weighted by Gasteiger charge is 2.13. The molecular weight excluding hydrogens is 261 g/mol. The molecule has 0 amide bonds. The number of benzene rings is 2. The molecule has 1 unspecified atom stereocenters. The van der Waals surface area contributed by atoms with Crippen LogP contribution >= 0.6 is 0 Å². The van der Waals surface area contributed by atoms with Gasteiger partial charge in [-0.1, -0.05) is 56.3 Å². The van der Waals surface area contributed by atoms with Gasteiger partial charge >= 0.3 is 0 Å². The van der Waals surface area contributed by atoms with Gasteiger partial charge in [0.2, 0.25) is 0 Å². The van der Waals surface area contributed by atoms with Gasteiger partial charge in [0.1, 0.15) is 5.82 Å². The maximum atomic E-state index is 13.8. The zero-order valence-electron chi connectivity index (χ0n) is 13.1. The molecule has 1 nitrogen and oxygen atoms in total. The van der Waals surface area contributed by atoms with Gasteiger partial charge in [-0.3, -0.25) is 0 Å². The van der Waals surface area contributed by atoms with Crippen molar-refractivity contribution >= 4 is 0 Å². The third kappa shape index (κ3) is 4.40. The van der Waals surface area contributed by atoms with Crippen LogP contribution in [-0.4, -0.2) is 7.05 Å². The summed E-state index contributed by atoms with van der Waals surface area (Å²) < 4.78 is 13.8. The molecule has 0 aliphatic heterocycles. The van der Waals surface area contributed by atoms with Crippen molar-refractivity contribution < 1.29 is 4.39 Å². The smallest absolute Gasteiger partial charge is 0.126 e. The Kier molecular flexibility index (Phi) is 5.51. The lowest BCUT2D eigenvalue weighted by Crippen LogP contribution is -2.19. The highest BCUT2D eigenvalue weighted by atomic mass is 19.1. The van der Waals surface area contributed by atoms with Gasteiger partial charge in [0.05, 0.1) is 0 Å². The molecule has 0 bridgehead atoms. The molecule has 1 N–H and O–H groups in total. The number of halogens is 1. The quantitative estimate of drug-likeness (QED) is 0.822. The molecule has 0 aliphatic rings. The summed E-state index contributed by atoms with van der Waals surface area (Å²) in [6.07, 6.45) is 1.73. The standard InChI is InChI=1S/C19H24FN/c1-14(2)11-15-7-6-9-17(12-15)19(21-3)13-16-8-4-5-10-18(16)20/h4-10,12,14,19,21H,11,13H2,1-3H3. The minimum absolute atomic E-state index is 0.129. The lowest BCUT2D eigenvalue weighted by atomic mass is 9.95. The molecule has 0 saturated carbocycles. The van der Waals surface area contributed by atoms with Crippen LogP contribution in [0.25, 0.3) is 0 Å². The first kappa shape index (κ1) is 15.7. The minimum Gasteiger partial charge on any atom is -0.313 e. The normalized spacial score (nSPS) is 12.6. The predicted octanol–water partition coefficient (Wildman–Crippen LogP) is 4.53. The van der Waals surface area contributed by atoms with E-state index in [4.69, 9.17) is 0 Å². The van der Waals surface area contributed by atoms with E-state index in [1.165, 1.54) is 17.2 Å². The summed E-state index contributed by atoms with van der Waals surface area (Å²) in [7, 11) is 1.93. The van der Waals surface area contributed by atoms with Crippen molar-refractivity contribution in [2.24, 2.45) is 5.92 Å². The van der Waals surface area contributed by atoms with Gasteiger partial charge in [-0.15, -0.1) is 0 Å². The summed E-state index contributed by atoms with van der Waals surface area (Å²) >= 11 is 0. The van der Waals surface area contributed by atoms with Crippen LogP contribution in [0.1, 0.15) is 36.6 Å². The number of rotatable bonds is 6. The minimum atomic E-state index is -0.129. The van der Waals surface area contributed by atoms with Crippen LogP contribution in [0.15, 0.2) is 48.5 Å². The van der Waals surface area contributed by atoms with E-state index in [1.807, 2.05) is 19.2 Å². The van der Waals surface area contributed by atoms with Gasteiger partial charge in [-0.25, -0.2) is 4.39 Å². The maximum Gasteiger partial charge on any atom is 0.126 e. The van der Waals surface area contributed by atoms with Crippen LogP contribution in [0.5, 0.6) is 0 Å². The Morgan fingerprint density at radius 1 is 1.00 bits per heavy atom. The summed E-state index contributed by atoms with van der Waals surface area (Å²) in [6, 6.07) is 15.8. The van der Waals surface area contributed by atoms with Crippen LogP contribution in [0.3, 0.4) is 0 Å². The molecule has 0 aliphatic carbocycles. The summed E-state index contributed by atoms with van der Waals surface area (Å²) in [4.78, 5) is 0. The van der Waals surface area contributed by atoms with Crippen molar-refractivity contribution in [1.82, 2.24) is 5.32 Å². The number of hydrogen-bond acceptors (Lipinski definition) is 1. The van der Waals surface area contributed by atoms with E-state index >= 15 is 0 Å². The van der Waals surface area contributed by atoms with Crippen molar-refractivity contribution in [3.05, 3.63) is 71.0 Å². The van der Waals surface area contributed by atoms with Crippen LogP contribution in [-0.2, 0) is 12.8 Å². The van der Waals surface area contributed by atoms with E-state index in [0.717, 1.165) is 12.0 Å². The molecule has 0 heterocycles. The van der Waals surface area contributed by atoms with Gasteiger partial charge in [0.25, 0.3) is 0 Å². The van der Waals surface area contributed by atoms with E-state index in [0.29, 0.717) is 12.3 Å². The average Bonchev–Trinajstić information content (AvgIpc) is 2.46. The molecule has 0 radical (unpaired) electrons. The summed E-state index contributed by atoms with van der Waals surface area (Å²) in [6.45, 7) is 4.45. The number of hydrogen-bond donors (Lipinski definition) is 1. The molecular formula is C19H24FN. The van der Waals surface area contributed by atoms with Gasteiger partial charge < -0.3 is 5.32 Å². The molecule has 21 heavy (non-hydrogen) atoms. The summed E-state index contributed by atoms with van der Waals surface area (Å²) in [5.41, 5.74) is 3.32. The van der Waals surface area contributed by atoms with Crippen molar-refractivity contribution in [2.75, 3.05) is 7.05 Å². The molecule has 2 heteroatoms. The van der Waals surface area contributed by atoms with E-state index in [1.54, 1.807) is 6.07 Å². The van der Waals surface area contributed by atoms with Crippen LogP contribution in [0, 0.1) is 11.7 Å². The Morgan fingerprint density at radius 3 is 2.43 bits per heavy atom. The Morgan fingerprint density at radius 2 is 1.76 bits per heavy atom. The number of likely N-dealkylation sites (N-methyl/N-ethyl adjacent to an activating group) is 1. The van der Waals surface area contributed by atoms with E-state index in [-0.39, 0.29) is 11.9 Å². The lowest BCUT2D eigenvalue weighted by Gasteiger charge is -2.18. The van der Waals surface area contributed by atoms with Crippen molar-refractivity contribution in [3.8, 4) is 0 Å². The maximum absolute atomic E-state index is 13.8. The highest BCUT2D eigenvalue weighted by molar-refractivity contribution is 5.29. The molecule has 0 spiro atoms. The highest BCUT2D eigenvalue weighted by Crippen LogP contribution is 2.21. The molecule has 2 aromatic rings. The Bertz CT molecular complexity index is 577. The van der Waals surface area contributed by atoms with E-state index < -0.39 is 0 Å². The molecule has 0 saturated heterocycles. The second-order valence-electron chi connectivity index (χ2n) is 5.98. The van der Waals surface area contributed by atoms with Crippen molar-refractivity contribution in [2.45, 2.75) is 32.7 Å². The van der Waals surface area contributed by atoms with E-state index in [2.05, 4.69) is 43.4 Å². The summed E-state index contributed by atoms with van der Waals surface area (Å²) in [5, 5.41) is 3.31. The first-order chi connectivity index (χ1) is 10.1. The first-order valence-electron chi connectivity index (χ1n) is 7.59. The lowest BCUT2D eigenvalue weighted by molar-refractivity contribution is 0.553. The summed E-state index contributed by atoms with van der Waals surface area (Å²) in [5.74, 6) is 0.510. The van der Waals surface area contributed by atoms with E-state index in [9.17, 15) is 4.39 Å². The van der Waals surface area contributed by atoms with Gasteiger partial charge in [-0.05, 0) is 48.6 Å². The fourth-order valence-electron chi connectivity index (χ4n) is 2.68. The zero-order chi connectivity index (χ0) is 15.2. The van der Waals surface area contributed by atoms with Gasteiger partial charge in [-0.2, -0.15) is 0 Å². The van der Waals surface area contributed by atoms with Gasteiger partial charge in [0, 0.05) is 6.04 Å². The number of nitrogens with one attached hydrogen (secondary N) is 1. The first-order valence-corrected chi connectivity index (χ1v) is 7.59. The average molecular weight is 285 g/mol. The topological polar surface area (TPSA) is 12.0 Å². The van der Waals surface area contributed by atoms with Crippen molar-refractivity contribution in [1.29, 1.82) is 0 Å². The fourth-order valence-corrected chi connectivity index (χ4v) is 2.68. The largest absolute Gasteiger partial charge is 0.313 e. The van der Waals surface area contributed by atoms with Crippen LogP contribution in [0.2, 0.25) is 0 Å².